The summed E-state index contributed by atoms with van der Waals surface area (Å²) in [5, 5.41) is 23.8. The van der Waals surface area contributed by atoms with Crippen LogP contribution < -0.4 is 0 Å². The molecule has 1 N–H and O–H groups in total. The number of rotatable bonds is 6. The second kappa shape index (κ2) is 8.61. The smallest absolute Gasteiger partial charge is 0.142 e. The molecule has 0 spiro atoms. The Balaban J connectivity index is 1.81. The van der Waals surface area contributed by atoms with Gasteiger partial charge in [-0.25, -0.2) is 0 Å². The lowest BCUT2D eigenvalue weighted by Gasteiger charge is -2.14. The molecule has 26 heavy (non-hydrogen) atoms. The quantitative estimate of drug-likeness (QED) is 0.539. The summed E-state index contributed by atoms with van der Waals surface area (Å²) < 4.78 is 0. The van der Waals surface area contributed by atoms with Crippen LogP contribution in [0.1, 0.15) is 28.4 Å². The van der Waals surface area contributed by atoms with Crippen LogP contribution in [-0.4, -0.2) is 10.8 Å². The van der Waals surface area contributed by atoms with Crippen molar-refractivity contribution in [1.29, 1.82) is 5.26 Å². The first-order chi connectivity index (χ1) is 12.8. The molecule has 0 radical (unpaired) electrons. The van der Waals surface area contributed by atoms with E-state index in [1.165, 1.54) is 0 Å². The molecule has 4 nitrogen and oxygen atoms in total. The molecule has 1 atom stereocenters. The number of aliphatic hydroxyl groups excluding tert-OH is 1. The highest BCUT2D eigenvalue weighted by molar-refractivity contribution is 6.03. The SMILES string of the molecule is N#Cc1ccc(CO/N=C(/c2ccccc2)[C@H](O)c2ccccc2)cc1. The molecule has 0 heterocycles. The Morgan fingerprint density at radius 1 is 0.923 bits per heavy atom. The Morgan fingerprint density at radius 3 is 2.15 bits per heavy atom. The minimum Gasteiger partial charge on any atom is -0.391 e. The van der Waals surface area contributed by atoms with Gasteiger partial charge in [0.15, 0.2) is 0 Å². The van der Waals surface area contributed by atoms with Crippen LogP contribution in [0.3, 0.4) is 0 Å². The zero-order valence-electron chi connectivity index (χ0n) is 14.1. The van der Waals surface area contributed by atoms with Crippen LogP contribution in [0.5, 0.6) is 0 Å². The van der Waals surface area contributed by atoms with Gasteiger partial charge >= 0.3 is 0 Å². The average Bonchev–Trinajstić information content (AvgIpc) is 2.72. The minimum absolute atomic E-state index is 0.254. The Bertz CT molecular complexity index is 898. The number of benzene rings is 3. The van der Waals surface area contributed by atoms with E-state index in [1.807, 2.05) is 72.8 Å². The number of nitriles is 1. The summed E-state index contributed by atoms with van der Waals surface area (Å²) in [7, 11) is 0. The van der Waals surface area contributed by atoms with Gasteiger partial charge < -0.3 is 9.94 Å². The van der Waals surface area contributed by atoms with Gasteiger partial charge in [0.05, 0.1) is 11.6 Å². The predicted octanol–water partition coefficient (Wildman–Crippen LogP) is 4.21. The lowest BCUT2D eigenvalue weighted by atomic mass is 9.99. The Hall–Kier alpha value is -3.42. The molecule has 128 valence electrons. The molecule has 3 aromatic rings. The monoisotopic (exact) mass is 342 g/mol. The first-order valence-electron chi connectivity index (χ1n) is 8.25. The van der Waals surface area contributed by atoms with Crippen molar-refractivity contribution in [2.45, 2.75) is 12.7 Å². The second-order valence-corrected chi connectivity index (χ2v) is 5.74. The highest BCUT2D eigenvalue weighted by Gasteiger charge is 2.17. The average molecular weight is 342 g/mol. The van der Waals surface area contributed by atoms with Crippen molar-refractivity contribution in [2.24, 2.45) is 5.16 Å². The first-order valence-corrected chi connectivity index (χ1v) is 8.25. The normalized spacial score (nSPS) is 12.2. The third-order valence-corrected chi connectivity index (χ3v) is 3.92. The van der Waals surface area contributed by atoms with Gasteiger partial charge in [0.2, 0.25) is 0 Å². The predicted molar refractivity (Wildman–Crippen MR) is 100 cm³/mol. The molecule has 0 aliphatic carbocycles. The molecule has 4 heteroatoms. The van der Waals surface area contributed by atoms with Crippen LogP contribution in [0.4, 0.5) is 0 Å². The summed E-state index contributed by atoms with van der Waals surface area (Å²) in [6, 6.07) is 28.0. The molecule has 0 amide bonds. The Labute approximate surface area is 152 Å². The van der Waals surface area contributed by atoms with Crippen molar-refractivity contribution in [3.05, 3.63) is 107 Å². The van der Waals surface area contributed by atoms with E-state index >= 15 is 0 Å². The van der Waals surface area contributed by atoms with Gasteiger partial charge in [-0.1, -0.05) is 78.0 Å². The maximum Gasteiger partial charge on any atom is 0.142 e. The van der Waals surface area contributed by atoms with E-state index in [0.717, 1.165) is 16.7 Å². The van der Waals surface area contributed by atoms with Crippen molar-refractivity contribution in [1.82, 2.24) is 0 Å². The van der Waals surface area contributed by atoms with E-state index in [1.54, 1.807) is 12.1 Å². The topological polar surface area (TPSA) is 65.6 Å². The standard InChI is InChI=1S/C22H18N2O2/c23-15-17-11-13-18(14-12-17)16-26-24-21(19-7-3-1-4-8-19)22(25)20-9-5-2-6-10-20/h1-14,22,25H,16H2/b24-21-/t22-/m1/s1. The van der Waals surface area contributed by atoms with E-state index in [4.69, 9.17) is 10.1 Å². The second-order valence-electron chi connectivity index (χ2n) is 5.74. The fourth-order valence-electron chi connectivity index (χ4n) is 2.51. The molecule has 0 bridgehead atoms. The van der Waals surface area contributed by atoms with Gasteiger partial charge in [0.1, 0.15) is 18.4 Å². The van der Waals surface area contributed by atoms with Crippen LogP contribution in [-0.2, 0) is 11.4 Å². The summed E-state index contributed by atoms with van der Waals surface area (Å²) in [5.41, 5.74) is 3.49. The summed E-state index contributed by atoms with van der Waals surface area (Å²) in [6.07, 6.45) is -0.889. The van der Waals surface area contributed by atoms with Crippen LogP contribution in [0.2, 0.25) is 0 Å². The third kappa shape index (κ3) is 4.35. The zero-order valence-corrected chi connectivity index (χ0v) is 14.1. The minimum atomic E-state index is -0.889. The number of oxime groups is 1. The maximum atomic E-state index is 10.8. The summed E-state index contributed by atoms with van der Waals surface area (Å²) in [4.78, 5) is 5.50. The summed E-state index contributed by atoms with van der Waals surface area (Å²) in [6.45, 7) is 0.254. The molecule has 3 rings (SSSR count). The van der Waals surface area contributed by atoms with Gasteiger partial charge in [0, 0.05) is 5.56 Å². The third-order valence-electron chi connectivity index (χ3n) is 3.92. The van der Waals surface area contributed by atoms with Crippen LogP contribution in [0.15, 0.2) is 90.1 Å². The van der Waals surface area contributed by atoms with Crippen molar-refractivity contribution >= 4 is 5.71 Å². The zero-order chi connectivity index (χ0) is 18.2. The molecular weight excluding hydrogens is 324 g/mol. The molecule has 0 aliphatic rings. The van der Waals surface area contributed by atoms with E-state index < -0.39 is 6.10 Å². The summed E-state index contributed by atoms with van der Waals surface area (Å²) in [5.74, 6) is 0. The largest absolute Gasteiger partial charge is 0.391 e. The van der Waals surface area contributed by atoms with E-state index in [2.05, 4.69) is 11.2 Å². The van der Waals surface area contributed by atoms with Crippen molar-refractivity contribution in [3.63, 3.8) is 0 Å². The van der Waals surface area contributed by atoms with Gasteiger partial charge in [-0.3, -0.25) is 0 Å². The molecule has 0 unspecified atom stereocenters. The molecule has 0 saturated heterocycles. The Morgan fingerprint density at radius 2 is 1.54 bits per heavy atom. The molecule has 0 fully saturated rings. The van der Waals surface area contributed by atoms with Crippen LogP contribution >= 0.6 is 0 Å². The highest BCUT2D eigenvalue weighted by atomic mass is 16.6. The van der Waals surface area contributed by atoms with Crippen molar-refractivity contribution in [3.8, 4) is 6.07 Å². The van der Waals surface area contributed by atoms with Gasteiger partial charge in [-0.05, 0) is 23.3 Å². The fraction of sp³-hybridized carbons (Fsp3) is 0.0909. The van der Waals surface area contributed by atoms with E-state index in [9.17, 15) is 5.11 Å². The fourth-order valence-corrected chi connectivity index (χ4v) is 2.51. The molecular formula is C22H18N2O2. The Kier molecular flexibility index (Phi) is 5.76. The summed E-state index contributed by atoms with van der Waals surface area (Å²) >= 11 is 0. The molecule has 0 aliphatic heterocycles. The van der Waals surface area contributed by atoms with Gasteiger partial charge in [-0.15, -0.1) is 0 Å². The molecule has 0 saturated carbocycles. The van der Waals surface area contributed by atoms with Crippen molar-refractivity contribution < 1.29 is 9.94 Å². The number of hydrogen-bond donors (Lipinski definition) is 1. The first kappa shape index (κ1) is 17.4. The van der Waals surface area contributed by atoms with Crippen LogP contribution in [0, 0.1) is 11.3 Å². The number of hydrogen-bond acceptors (Lipinski definition) is 4. The number of nitrogens with zero attached hydrogens (tertiary/aromatic N) is 2. The van der Waals surface area contributed by atoms with Crippen LogP contribution in [0.25, 0.3) is 0 Å². The van der Waals surface area contributed by atoms with Gasteiger partial charge in [0.25, 0.3) is 0 Å². The van der Waals surface area contributed by atoms with Crippen molar-refractivity contribution in [2.75, 3.05) is 0 Å². The molecule has 3 aromatic carbocycles. The lowest BCUT2D eigenvalue weighted by Crippen LogP contribution is -2.14. The highest BCUT2D eigenvalue weighted by Crippen LogP contribution is 2.20. The van der Waals surface area contributed by atoms with E-state index in [-0.39, 0.29) is 6.61 Å². The van der Waals surface area contributed by atoms with Gasteiger partial charge in [-0.2, -0.15) is 5.26 Å². The lowest BCUT2D eigenvalue weighted by molar-refractivity contribution is 0.125. The van der Waals surface area contributed by atoms with E-state index in [0.29, 0.717) is 11.3 Å². The maximum absolute atomic E-state index is 10.8. The molecule has 0 aromatic heterocycles. The number of aliphatic hydroxyl groups is 1.